The van der Waals surface area contributed by atoms with Gasteiger partial charge in [0.1, 0.15) is 5.52 Å². The van der Waals surface area contributed by atoms with Crippen LogP contribution in [0.4, 0.5) is 0 Å². The number of oxazole rings is 1. The number of rotatable bonds is 3. The summed E-state index contributed by atoms with van der Waals surface area (Å²) in [5.74, 6) is 0.762. The first-order chi connectivity index (χ1) is 8.88. The van der Waals surface area contributed by atoms with E-state index in [4.69, 9.17) is 4.42 Å². The van der Waals surface area contributed by atoms with Crippen LogP contribution in [0, 0.1) is 5.92 Å². The van der Waals surface area contributed by atoms with Gasteiger partial charge in [0, 0.05) is 5.92 Å². The fraction of sp³-hybridized carbons (Fsp3) is 0.500. The molecule has 2 heterocycles. The van der Waals surface area contributed by atoms with Crippen LogP contribution >= 0.6 is 0 Å². The van der Waals surface area contributed by atoms with Crippen LogP contribution in [-0.2, 0) is 0 Å². The molecule has 2 aromatic rings. The number of aliphatic hydroxyl groups excluding tert-OH is 1. The van der Waals surface area contributed by atoms with Gasteiger partial charge in [-0.1, -0.05) is 6.07 Å². The molecule has 1 aliphatic rings. The Hall–Kier alpha value is -1.39. The second kappa shape index (κ2) is 5.08. The monoisotopic (exact) mass is 246 g/mol. The minimum Gasteiger partial charge on any atom is -0.443 e. The van der Waals surface area contributed by atoms with E-state index in [1.54, 1.807) is 0 Å². The Kier molecular flexibility index (Phi) is 3.30. The van der Waals surface area contributed by atoms with Crippen LogP contribution in [0.2, 0.25) is 0 Å². The van der Waals surface area contributed by atoms with Crippen LogP contribution in [0.1, 0.15) is 24.3 Å². The Morgan fingerprint density at radius 2 is 2.22 bits per heavy atom. The van der Waals surface area contributed by atoms with E-state index in [-0.39, 0.29) is 12.5 Å². The molecule has 4 nitrogen and oxygen atoms in total. The Bertz CT molecular complexity index is 517. The Morgan fingerprint density at radius 1 is 1.39 bits per heavy atom. The lowest BCUT2D eigenvalue weighted by molar-refractivity contribution is 0.201. The summed E-state index contributed by atoms with van der Waals surface area (Å²) in [6.07, 6.45) is 3.71. The number of nitrogens with zero attached hydrogens (tertiary/aromatic N) is 1. The molecule has 0 bridgehead atoms. The second-order valence-corrected chi connectivity index (χ2v) is 4.96. The van der Waals surface area contributed by atoms with E-state index in [9.17, 15) is 5.11 Å². The van der Waals surface area contributed by atoms with E-state index in [0.717, 1.165) is 42.6 Å². The van der Waals surface area contributed by atoms with Gasteiger partial charge in [0.2, 0.25) is 0 Å². The summed E-state index contributed by atoms with van der Waals surface area (Å²) in [7, 11) is 0. The average molecular weight is 246 g/mol. The van der Waals surface area contributed by atoms with Crippen LogP contribution in [0.15, 0.2) is 29.0 Å². The smallest absolute Gasteiger partial charge is 0.181 e. The van der Waals surface area contributed by atoms with Crippen LogP contribution < -0.4 is 5.32 Å². The number of nitrogens with one attached hydrogen (secondary N) is 1. The van der Waals surface area contributed by atoms with E-state index in [0.29, 0.717) is 5.92 Å². The van der Waals surface area contributed by atoms with Gasteiger partial charge in [0.25, 0.3) is 0 Å². The van der Waals surface area contributed by atoms with Crippen molar-refractivity contribution < 1.29 is 9.52 Å². The first-order valence-corrected chi connectivity index (χ1v) is 6.53. The molecule has 1 unspecified atom stereocenters. The molecule has 0 saturated carbocycles. The highest BCUT2D eigenvalue weighted by Crippen LogP contribution is 2.32. The van der Waals surface area contributed by atoms with Crippen molar-refractivity contribution in [2.24, 2.45) is 5.92 Å². The van der Waals surface area contributed by atoms with Crippen molar-refractivity contribution in [3.63, 3.8) is 0 Å². The third kappa shape index (κ3) is 2.13. The Balaban J connectivity index is 1.89. The van der Waals surface area contributed by atoms with Crippen molar-refractivity contribution in [1.82, 2.24) is 10.3 Å². The molecule has 0 amide bonds. The highest BCUT2D eigenvalue weighted by atomic mass is 16.3. The zero-order chi connectivity index (χ0) is 12.4. The molecule has 4 heteroatoms. The van der Waals surface area contributed by atoms with Crippen molar-refractivity contribution >= 4 is 11.1 Å². The zero-order valence-electron chi connectivity index (χ0n) is 10.3. The van der Waals surface area contributed by atoms with Crippen LogP contribution in [-0.4, -0.2) is 29.8 Å². The van der Waals surface area contributed by atoms with Gasteiger partial charge in [-0.25, -0.2) is 4.98 Å². The molecular weight excluding hydrogens is 228 g/mol. The van der Waals surface area contributed by atoms with Crippen molar-refractivity contribution in [2.75, 3.05) is 19.7 Å². The van der Waals surface area contributed by atoms with Gasteiger partial charge in [-0.3, -0.25) is 0 Å². The van der Waals surface area contributed by atoms with Crippen molar-refractivity contribution in [3.05, 3.63) is 30.2 Å². The largest absolute Gasteiger partial charge is 0.443 e. The van der Waals surface area contributed by atoms with Gasteiger partial charge in [0.05, 0.1) is 6.61 Å². The number of aromatic nitrogens is 1. The molecule has 1 saturated heterocycles. The van der Waals surface area contributed by atoms with E-state index >= 15 is 0 Å². The maximum Gasteiger partial charge on any atom is 0.181 e. The fourth-order valence-electron chi connectivity index (χ4n) is 2.88. The maximum absolute atomic E-state index is 9.69. The number of fused-ring (bicyclic) bond motifs is 1. The standard InChI is InChI=1S/C14H18N2O2/c17-8-12(10-3-5-15-6-4-10)11-1-2-13-14(7-11)18-9-16-13/h1-2,7,9-10,12,15,17H,3-6,8H2. The molecule has 1 aromatic heterocycles. The van der Waals surface area contributed by atoms with Gasteiger partial charge in [-0.15, -0.1) is 0 Å². The first kappa shape index (κ1) is 11.7. The van der Waals surface area contributed by atoms with Gasteiger partial charge in [0.15, 0.2) is 12.0 Å². The van der Waals surface area contributed by atoms with Crippen LogP contribution in [0.5, 0.6) is 0 Å². The predicted octanol–water partition coefficient (Wildman–Crippen LogP) is 1.90. The molecule has 0 radical (unpaired) electrons. The predicted molar refractivity (Wildman–Crippen MR) is 69.4 cm³/mol. The lowest BCUT2D eigenvalue weighted by atomic mass is 9.81. The summed E-state index contributed by atoms with van der Waals surface area (Å²) in [6, 6.07) is 6.05. The van der Waals surface area contributed by atoms with E-state index in [1.165, 1.54) is 6.39 Å². The van der Waals surface area contributed by atoms with Gasteiger partial charge in [-0.2, -0.15) is 0 Å². The minimum absolute atomic E-state index is 0.199. The van der Waals surface area contributed by atoms with Crippen molar-refractivity contribution in [1.29, 1.82) is 0 Å². The van der Waals surface area contributed by atoms with E-state index in [1.807, 2.05) is 12.1 Å². The zero-order valence-corrected chi connectivity index (χ0v) is 10.3. The Labute approximate surface area is 106 Å². The van der Waals surface area contributed by atoms with E-state index in [2.05, 4.69) is 16.4 Å². The second-order valence-electron chi connectivity index (χ2n) is 4.96. The fourth-order valence-corrected chi connectivity index (χ4v) is 2.88. The van der Waals surface area contributed by atoms with Crippen LogP contribution in [0.3, 0.4) is 0 Å². The summed E-state index contributed by atoms with van der Waals surface area (Å²) in [5, 5.41) is 13.0. The maximum atomic E-state index is 9.69. The molecule has 1 atom stereocenters. The summed E-state index contributed by atoms with van der Waals surface area (Å²) in [5.41, 5.74) is 2.84. The molecule has 0 aliphatic carbocycles. The summed E-state index contributed by atoms with van der Waals surface area (Å²) in [6.45, 7) is 2.29. The van der Waals surface area contributed by atoms with E-state index < -0.39 is 0 Å². The van der Waals surface area contributed by atoms with Gasteiger partial charge >= 0.3 is 0 Å². The minimum atomic E-state index is 0.199. The number of benzene rings is 1. The molecular formula is C14H18N2O2. The highest BCUT2D eigenvalue weighted by Gasteiger charge is 2.24. The first-order valence-electron chi connectivity index (χ1n) is 6.53. The van der Waals surface area contributed by atoms with Gasteiger partial charge in [-0.05, 0) is 49.5 Å². The quantitative estimate of drug-likeness (QED) is 0.868. The number of hydrogen-bond acceptors (Lipinski definition) is 4. The normalized spacial score (nSPS) is 19.2. The third-order valence-corrected chi connectivity index (χ3v) is 3.93. The molecule has 0 spiro atoms. The molecule has 1 aliphatic heterocycles. The number of hydrogen-bond donors (Lipinski definition) is 2. The van der Waals surface area contributed by atoms with Crippen molar-refractivity contribution in [2.45, 2.75) is 18.8 Å². The lowest BCUT2D eigenvalue weighted by Crippen LogP contribution is -2.32. The lowest BCUT2D eigenvalue weighted by Gasteiger charge is -2.29. The number of piperidine rings is 1. The summed E-state index contributed by atoms with van der Waals surface area (Å²) < 4.78 is 5.34. The van der Waals surface area contributed by atoms with Crippen LogP contribution in [0.25, 0.3) is 11.1 Å². The third-order valence-electron chi connectivity index (χ3n) is 3.93. The molecule has 2 N–H and O–H groups in total. The highest BCUT2D eigenvalue weighted by molar-refractivity contribution is 5.72. The molecule has 18 heavy (non-hydrogen) atoms. The van der Waals surface area contributed by atoms with Crippen molar-refractivity contribution in [3.8, 4) is 0 Å². The summed E-state index contributed by atoms with van der Waals surface area (Å²) in [4.78, 5) is 4.12. The molecule has 96 valence electrons. The number of aliphatic hydroxyl groups is 1. The molecule has 3 rings (SSSR count). The topological polar surface area (TPSA) is 58.3 Å². The molecule has 1 aromatic carbocycles. The van der Waals surface area contributed by atoms with Gasteiger partial charge < -0.3 is 14.8 Å². The summed E-state index contributed by atoms with van der Waals surface area (Å²) >= 11 is 0. The molecule has 1 fully saturated rings. The SMILES string of the molecule is OCC(c1ccc2ncoc2c1)C1CCNCC1. The average Bonchev–Trinajstić information content (AvgIpc) is 2.88. The Morgan fingerprint density at radius 3 is 3.00 bits per heavy atom.